The third-order valence-corrected chi connectivity index (χ3v) is 3.56. The Labute approximate surface area is 116 Å². The molecule has 0 amide bonds. The molecule has 0 radical (unpaired) electrons. The fourth-order valence-electron chi connectivity index (χ4n) is 2.51. The second-order valence-electron chi connectivity index (χ2n) is 5.61. The van der Waals surface area contributed by atoms with Crippen LogP contribution in [-0.2, 0) is 6.54 Å². The molecule has 20 heavy (non-hydrogen) atoms. The standard InChI is InChI=1S/C15H17FN2O2/c1-15(19)6-7-18(10-15)8-13-9-20-14(17-13)11-2-4-12(16)5-3-11/h2-5,9,19H,6-8,10H2,1H3. The molecule has 2 heterocycles. The van der Waals surface area contributed by atoms with Crippen LogP contribution in [0.4, 0.5) is 4.39 Å². The summed E-state index contributed by atoms with van der Waals surface area (Å²) in [5.74, 6) is 0.214. The number of likely N-dealkylation sites (tertiary alicyclic amines) is 1. The fraction of sp³-hybridized carbons (Fsp3) is 0.400. The molecule has 0 bridgehead atoms. The highest BCUT2D eigenvalue weighted by Crippen LogP contribution is 2.23. The van der Waals surface area contributed by atoms with Crippen LogP contribution < -0.4 is 0 Å². The summed E-state index contributed by atoms with van der Waals surface area (Å²) in [6.07, 6.45) is 2.39. The quantitative estimate of drug-likeness (QED) is 0.935. The summed E-state index contributed by atoms with van der Waals surface area (Å²) in [7, 11) is 0. The molecular weight excluding hydrogens is 259 g/mol. The summed E-state index contributed by atoms with van der Waals surface area (Å²) in [5, 5.41) is 9.93. The Morgan fingerprint density at radius 2 is 2.15 bits per heavy atom. The molecule has 1 N–H and O–H groups in total. The molecule has 1 unspecified atom stereocenters. The normalized spacial score (nSPS) is 23.4. The van der Waals surface area contributed by atoms with Crippen LogP contribution in [-0.4, -0.2) is 33.7 Å². The number of oxazole rings is 1. The first-order valence-corrected chi connectivity index (χ1v) is 6.67. The highest BCUT2D eigenvalue weighted by atomic mass is 19.1. The van der Waals surface area contributed by atoms with Crippen LogP contribution in [0.2, 0.25) is 0 Å². The van der Waals surface area contributed by atoms with Gasteiger partial charge in [-0.2, -0.15) is 0 Å². The van der Waals surface area contributed by atoms with Crippen LogP contribution in [0.3, 0.4) is 0 Å². The third-order valence-electron chi connectivity index (χ3n) is 3.56. The van der Waals surface area contributed by atoms with E-state index in [4.69, 9.17) is 4.42 Å². The topological polar surface area (TPSA) is 49.5 Å². The second-order valence-corrected chi connectivity index (χ2v) is 5.61. The van der Waals surface area contributed by atoms with E-state index in [1.807, 2.05) is 6.92 Å². The molecule has 0 spiro atoms. The predicted octanol–water partition coefficient (Wildman–Crippen LogP) is 2.44. The van der Waals surface area contributed by atoms with Crippen LogP contribution in [0.5, 0.6) is 0 Å². The number of hydrogen-bond donors (Lipinski definition) is 1. The Balaban J connectivity index is 1.70. The molecule has 2 aromatic rings. The summed E-state index contributed by atoms with van der Waals surface area (Å²) in [5.41, 5.74) is 0.969. The van der Waals surface area contributed by atoms with Crippen molar-refractivity contribution >= 4 is 0 Å². The maximum Gasteiger partial charge on any atom is 0.226 e. The maximum atomic E-state index is 12.9. The Morgan fingerprint density at radius 1 is 1.40 bits per heavy atom. The van der Waals surface area contributed by atoms with Gasteiger partial charge >= 0.3 is 0 Å². The lowest BCUT2D eigenvalue weighted by atomic mass is 10.1. The lowest BCUT2D eigenvalue weighted by Gasteiger charge is -2.17. The van der Waals surface area contributed by atoms with E-state index in [1.54, 1.807) is 18.4 Å². The molecule has 1 atom stereocenters. The molecule has 0 aliphatic carbocycles. The molecule has 1 fully saturated rings. The number of halogens is 1. The average molecular weight is 276 g/mol. The molecule has 1 aromatic heterocycles. The highest BCUT2D eigenvalue weighted by molar-refractivity contribution is 5.52. The van der Waals surface area contributed by atoms with Crippen molar-refractivity contribution in [3.8, 4) is 11.5 Å². The van der Waals surface area contributed by atoms with Crippen molar-refractivity contribution in [3.63, 3.8) is 0 Å². The van der Waals surface area contributed by atoms with Gasteiger partial charge in [-0.05, 0) is 37.6 Å². The van der Waals surface area contributed by atoms with E-state index >= 15 is 0 Å². The van der Waals surface area contributed by atoms with Crippen LogP contribution in [0.15, 0.2) is 34.9 Å². The number of nitrogens with zero attached hydrogens (tertiary/aromatic N) is 2. The van der Waals surface area contributed by atoms with Gasteiger partial charge in [0, 0.05) is 25.2 Å². The summed E-state index contributed by atoms with van der Waals surface area (Å²) < 4.78 is 18.3. The van der Waals surface area contributed by atoms with Crippen molar-refractivity contribution in [1.29, 1.82) is 0 Å². The maximum absolute atomic E-state index is 12.9. The van der Waals surface area contributed by atoms with E-state index in [-0.39, 0.29) is 5.82 Å². The van der Waals surface area contributed by atoms with E-state index in [2.05, 4.69) is 9.88 Å². The first-order valence-electron chi connectivity index (χ1n) is 6.67. The number of benzene rings is 1. The van der Waals surface area contributed by atoms with Gasteiger partial charge in [0.05, 0.1) is 11.3 Å². The molecule has 1 aliphatic heterocycles. The van der Waals surface area contributed by atoms with Gasteiger partial charge in [-0.1, -0.05) is 0 Å². The van der Waals surface area contributed by atoms with Crippen LogP contribution in [0.25, 0.3) is 11.5 Å². The zero-order chi connectivity index (χ0) is 14.2. The Hall–Kier alpha value is -1.72. The summed E-state index contributed by atoms with van der Waals surface area (Å²) >= 11 is 0. The van der Waals surface area contributed by atoms with E-state index in [0.29, 0.717) is 19.0 Å². The monoisotopic (exact) mass is 276 g/mol. The van der Waals surface area contributed by atoms with Crippen LogP contribution >= 0.6 is 0 Å². The van der Waals surface area contributed by atoms with E-state index in [1.165, 1.54) is 12.1 Å². The van der Waals surface area contributed by atoms with Gasteiger partial charge in [0.1, 0.15) is 12.1 Å². The second kappa shape index (κ2) is 5.00. The molecule has 0 saturated carbocycles. The number of β-amino-alcohol motifs (C(OH)–C–C–N with tert-alkyl or cyclic N) is 1. The SMILES string of the molecule is CC1(O)CCN(Cc2coc(-c3ccc(F)cc3)n2)C1. The molecule has 1 saturated heterocycles. The predicted molar refractivity (Wildman–Crippen MR) is 72.4 cm³/mol. The van der Waals surface area contributed by atoms with Crippen LogP contribution in [0, 0.1) is 5.82 Å². The number of aromatic nitrogens is 1. The highest BCUT2D eigenvalue weighted by Gasteiger charge is 2.31. The van der Waals surface area contributed by atoms with Crippen molar-refractivity contribution < 1.29 is 13.9 Å². The lowest BCUT2D eigenvalue weighted by Crippen LogP contribution is -2.29. The molecule has 1 aliphatic rings. The molecule has 5 heteroatoms. The van der Waals surface area contributed by atoms with Gasteiger partial charge in [-0.3, -0.25) is 4.90 Å². The summed E-state index contributed by atoms with van der Waals surface area (Å²) in [4.78, 5) is 6.55. The van der Waals surface area contributed by atoms with Crippen molar-refractivity contribution in [2.75, 3.05) is 13.1 Å². The van der Waals surface area contributed by atoms with Crippen molar-refractivity contribution in [2.24, 2.45) is 0 Å². The molecule has 1 aromatic carbocycles. The van der Waals surface area contributed by atoms with Crippen molar-refractivity contribution in [1.82, 2.24) is 9.88 Å². The molecule has 106 valence electrons. The molecule has 3 rings (SSSR count). The third kappa shape index (κ3) is 2.89. The molecule has 4 nitrogen and oxygen atoms in total. The minimum Gasteiger partial charge on any atom is -0.444 e. The number of rotatable bonds is 3. The first-order chi connectivity index (χ1) is 9.52. The summed E-state index contributed by atoms with van der Waals surface area (Å²) in [6, 6.07) is 6.06. The number of aliphatic hydroxyl groups is 1. The first kappa shape index (κ1) is 13.3. The zero-order valence-corrected chi connectivity index (χ0v) is 11.3. The largest absolute Gasteiger partial charge is 0.444 e. The number of hydrogen-bond acceptors (Lipinski definition) is 4. The molecular formula is C15H17FN2O2. The minimum absolute atomic E-state index is 0.278. The average Bonchev–Trinajstić information content (AvgIpc) is 2.98. The fourth-order valence-corrected chi connectivity index (χ4v) is 2.51. The van der Waals surface area contributed by atoms with Gasteiger partial charge in [0.2, 0.25) is 5.89 Å². The van der Waals surface area contributed by atoms with Gasteiger partial charge in [-0.25, -0.2) is 9.37 Å². The zero-order valence-electron chi connectivity index (χ0n) is 11.3. The van der Waals surface area contributed by atoms with E-state index < -0.39 is 5.60 Å². The van der Waals surface area contributed by atoms with Gasteiger partial charge in [0.25, 0.3) is 0 Å². The summed E-state index contributed by atoms with van der Waals surface area (Å²) in [6.45, 7) is 4.00. The van der Waals surface area contributed by atoms with E-state index in [0.717, 1.165) is 24.2 Å². The van der Waals surface area contributed by atoms with Gasteiger partial charge < -0.3 is 9.52 Å². The van der Waals surface area contributed by atoms with Crippen molar-refractivity contribution in [2.45, 2.75) is 25.5 Å². The lowest BCUT2D eigenvalue weighted by molar-refractivity contribution is 0.0677. The van der Waals surface area contributed by atoms with Crippen LogP contribution in [0.1, 0.15) is 19.0 Å². The van der Waals surface area contributed by atoms with E-state index in [9.17, 15) is 9.50 Å². The Kier molecular flexibility index (Phi) is 3.31. The van der Waals surface area contributed by atoms with Crippen molar-refractivity contribution in [3.05, 3.63) is 42.0 Å². The smallest absolute Gasteiger partial charge is 0.226 e. The van der Waals surface area contributed by atoms with Gasteiger partial charge in [-0.15, -0.1) is 0 Å². The minimum atomic E-state index is -0.608. The Bertz CT molecular complexity index is 592. The van der Waals surface area contributed by atoms with Gasteiger partial charge in [0.15, 0.2) is 0 Å². The Morgan fingerprint density at radius 3 is 2.80 bits per heavy atom.